The van der Waals surface area contributed by atoms with Crippen LogP contribution in [0.3, 0.4) is 0 Å². The molecule has 0 spiro atoms. The van der Waals surface area contributed by atoms with Crippen LogP contribution in [-0.2, 0) is 15.1 Å². The van der Waals surface area contributed by atoms with E-state index in [0.717, 1.165) is 10.8 Å². The van der Waals surface area contributed by atoms with Gasteiger partial charge >= 0.3 is 6.03 Å². The Balaban J connectivity index is 2.01. The average molecular weight is 432 g/mol. The van der Waals surface area contributed by atoms with E-state index in [1.165, 1.54) is 11.9 Å². The Morgan fingerprint density at radius 3 is 2.30 bits per heavy atom. The number of halogens is 1. The maximum Gasteiger partial charge on any atom is 0.318 e. The predicted octanol–water partition coefficient (Wildman–Crippen LogP) is 3.53. The molecule has 0 bridgehead atoms. The molecule has 0 saturated heterocycles. The zero-order valence-electron chi connectivity index (χ0n) is 15.2. The van der Waals surface area contributed by atoms with Gasteiger partial charge in [0.25, 0.3) is 0 Å². The standard InChI is InChI=1S/C20H22BrN3O3/c1-3-20(14-25,15-7-5-4-6-8-15)23-19(27)24(2)13-18(26)22-17-11-9-16(21)10-12-17/h4-12,14H,3,13H2,1-2H3,(H,22,26)(H,23,27). The molecule has 6 nitrogen and oxygen atoms in total. The lowest BCUT2D eigenvalue weighted by Crippen LogP contribution is -2.52. The molecule has 2 aromatic rings. The van der Waals surface area contributed by atoms with Crippen molar-refractivity contribution >= 4 is 39.8 Å². The molecule has 7 heteroatoms. The van der Waals surface area contributed by atoms with E-state index in [-0.39, 0.29) is 12.5 Å². The number of aldehydes is 1. The highest BCUT2D eigenvalue weighted by Gasteiger charge is 2.33. The molecule has 0 saturated carbocycles. The topological polar surface area (TPSA) is 78.5 Å². The summed E-state index contributed by atoms with van der Waals surface area (Å²) in [6.07, 6.45) is 1.13. The Hall–Kier alpha value is -2.67. The molecular formula is C20H22BrN3O3. The van der Waals surface area contributed by atoms with Gasteiger partial charge < -0.3 is 20.3 Å². The second kappa shape index (κ2) is 9.32. The summed E-state index contributed by atoms with van der Waals surface area (Å²) in [5.74, 6) is -0.331. The van der Waals surface area contributed by atoms with Gasteiger partial charge in [-0.3, -0.25) is 4.79 Å². The fraction of sp³-hybridized carbons (Fsp3) is 0.250. The number of likely N-dealkylation sites (N-methyl/N-ethyl adjacent to an activating group) is 1. The molecule has 2 rings (SSSR count). The number of urea groups is 1. The number of amides is 3. The van der Waals surface area contributed by atoms with Crippen LogP contribution in [0, 0.1) is 0 Å². The second-order valence-electron chi connectivity index (χ2n) is 6.15. The quantitative estimate of drug-likeness (QED) is 0.658. The van der Waals surface area contributed by atoms with Crippen LogP contribution in [0.4, 0.5) is 10.5 Å². The lowest BCUT2D eigenvalue weighted by Gasteiger charge is -2.31. The summed E-state index contributed by atoms with van der Waals surface area (Å²) in [4.78, 5) is 37.8. The predicted molar refractivity (Wildman–Crippen MR) is 108 cm³/mol. The zero-order chi connectivity index (χ0) is 19.9. The first-order valence-corrected chi connectivity index (χ1v) is 9.30. The molecule has 1 atom stereocenters. The number of nitrogens with zero attached hydrogens (tertiary/aromatic N) is 1. The number of hydrogen-bond donors (Lipinski definition) is 2. The van der Waals surface area contributed by atoms with Crippen LogP contribution in [0.15, 0.2) is 59.1 Å². The molecule has 0 heterocycles. The molecule has 0 aromatic heterocycles. The van der Waals surface area contributed by atoms with Crippen LogP contribution in [0.25, 0.3) is 0 Å². The third kappa shape index (κ3) is 5.40. The SMILES string of the molecule is CCC(C=O)(NC(=O)N(C)CC(=O)Nc1ccc(Br)cc1)c1ccccc1. The third-order valence-electron chi connectivity index (χ3n) is 4.23. The zero-order valence-corrected chi connectivity index (χ0v) is 16.8. The number of rotatable bonds is 7. The number of carbonyl (C=O) groups is 3. The minimum absolute atomic E-state index is 0.144. The highest BCUT2D eigenvalue weighted by Crippen LogP contribution is 2.23. The molecule has 2 aromatic carbocycles. The van der Waals surface area contributed by atoms with Gasteiger partial charge in [-0.05, 0) is 36.2 Å². The fourth-order valence-corrected chi connectivity index (χ4v) is 2.85. The van der Waals surface area contributed by atoms with Crippen LogP contribution in [0.1, 0.15) is 18.9 Å². The van der Waals surface area contributed by atoms with Crippen molar-refractivity contribution in [3.8, 4) is 0 Å². The summed E-state index contributed by atoms with van der Waals surface area (Å²) in [5.41, 5.74) is 0.204. The summed E-state index contributed by atoms with van der Waals surface area (Å²) < 4.78 is 0.905. The lowest BCUT2D eigenvalue weighted by atomic mass is 9.89. The average Bonchev–Trinajstić information content (AvgIpc) is 2.68. The Bertz CT molecular complexity index is 796. The van der Waals surface area contributed by atoms with Gasteiger partial charge in [0.1, 0.15) is 18.4 Å². The van der Waals surface area contributed by atoms with Gasteiger partial charge in [0.15, 0.2) is 0 Å². The van der Waals surface area contributed by atoms with Gasteiger partial charge in [-0.15, -0.1) is 0 Å². The van der Waals surface area contributed by atoms with Crippen LogP contribution in [-0.4, -0.2) is 36.7 Å². The highest BCUT2D eigenvalue weighted by atomic mass is 79.9. The molecule has 0 aliphatic heterocycles. The van der Waals surface area contributed by atoms with Gasteiger partial charge in [-0.25, -0.2) is 4.79 Å². The van der Waals surface area contributed by atoms with Crippen molar-refractivity contribution < 1.29 is 14.4 Å². The summed E-state index contributed by atoms with van der Waals surface area (Å²) in [5, 5.41) is 5.48. The molecule has 142 valence electrons. The van der Waals surface area contributed by atoms with E-state index in [1.54, 1.807) is 24.3 Å². The molecule has 27 heavy (non-hydrogen) atoms. The Labute approximate surface area is 167 Å². The Kier molecular flexibility index (Phi) is 7.12. The minimum Gasteiger partial charge on any atom is -0.325 e. The van der Waals surface area contributed by atoms with Crippen LogP contribution in [0.5, 0.6) is 0 Å². The molecule has 0 fully saturated rings. The van der Waals surface area contributed by atoms with E-state index in [1.807, 2.05) is 37.3 Å². The summed E-state index contributed by atoms with van der Waals surface area (Å²) in [6.45, 7) is 1.68. The van der Waals surface area contributed by atoms with E-state index in [9.17, 15) is 14.4 Å². The maximum atomic E-state index is 12.6. The van der Waals surface area contributed by atoms with Crippen molar-refractivity contribution in [2.45, 2.75) is 18.9 Å². The summed E-state index contributed by atoms with van der Waals surface area (Å²) in [6, 6.07) is 15.7. The molecule has 0 aliphatic rings. The van der Waals surface area contributed by atoms with Crippen molar-refractivity contribution in [2.75, 3.05) is 18.9 Å². The molecule has 2 N–H and O–H groups in total. The maximum absolute atomic E-state index is 12.6. The van der Waals surface area contributed by atoms with Crippen LogP contribution in [0.2, 0.25) is 0 Å². The molecule has 0 radical (unpaired) electrons. The van der Waals surface area contributed by atoms with Crippen molar-refractivity contribution in [1.82, 2.24) is 10.2 Å². The fourth-order valence-electron chi connectivity index (χ4n) is 2.59. The minimum atomic E-state index is -1.13. The second-order valence-corrected chi connectivity index (χ2v) is 7.07. The van der Waals surface area contributed by atoms with Crippen LogP contribution >= 0.6 is 15.9 Å². The van der Waals surface area contributed by atoms with Gasteiger partial charge in [0, 0.05) is 17.2 Å². The lowest BCUT2D eigenvalue weighted by molar-refractivity contribution is -0.116. The number of benzene rings is 2. The van der Waals surface area contributed by atoms with Gasteiger partial charge in [0.05, 0.1) is 0 Å². The van der Waals surface area contributed by atoms with Crippen LogP contribution < -0.4 is 10.6 Å². The first kappa shape index (κ1) is 20.6. The number of nitrogens with one attached hydrogen (secondary N) is 2. The summed E-state index contributed by atoms with van der Waals surface area (Å²) in [7, 11) is 1.51. The normalized spacial score (nSPS) is 12.6. The largest absolute Gasteiger partial charge is 0.325 e. The van der Waals surface area contributed by atoms with Crippen molar-refractivity contribution in [3.63, 3.8) is 0 Å². The Morgan fingerprint density at radius 1 is 1.11 bits per heavy atom. The third-order valence-corrected chi connectivity index (χ3v) is 4.76. The number of carbonyl (C=O) groups excluding carboxylic acids is 3. The molecule has 3 amide bonds. The van der Waals surface area contributed by atoms with Crippen molar-refractivity contribution in [3.05, 3.63) is 64.6 Å². The first-order chi connectivity index (χ1) is 12.9. The monoisotopic (exact) mass is 431 g/mol. The van der Waals surface area contributed by atoms with E-state index >= 15 is 0 Å². The van der Waals surface area contributed by atoms with E-state index in [0.29, 0.717) is 17.7 Å². The molecule has 0 aliphatic carbocycles. The van der Waals surface area contributed by atoms with Crippen molar-refractivity contribution in [2.24, 2.45) is 0 Å². The van der Waals surface area contributed by atoms with E-state index in [4.69, 9.17) is 0 Å². The molecule has 1 unspecified atom stereocenters. The van der Waals surface area contributed by atoms with E-state index < -0.39 is 11.6 Å². The van der Waals surface area contributed by atoms with E-state index in [2.05, 4.69) is 26.6 Å². The van der Waals surface area contributed by atoms with Gasteiger partial charge in [0.2, 0.25) is 5.91 Å². The number of hydrogen-bond acceptors (Lipinski definition) is 3. The highest BCUT2D eigenvalue weighted by molar-refractivity contribution is 9.10. The first-order valence-electron chi connectivity index (χ1n) is 8.50. The smallest absolute Gasteiger partial charge is 0.318 e. The Morgan fingerprint density at radius 2 is 1.74 bits per heavy atom. The van der Waals surface area contributed by atoms with Gasteiger partial charge in [-0.1, -0.05) is 53.2 Å². The summed E-state index contributed by atoms with van der Waals surface area (Å²) >= 11 is 3.33. The van der Waals surface area contributed by atoms with Gasteiger partial charge in [-0.2, -0.15) is 0 Å². The van der Waals surface area contributed by atoms with Crippen molar-refractivity contribution in [1.29, 1.82) is 0 Å². The molecular weight excluding hydrogens is 410 g/mol. The number of anilines is 1.